The molecule has 1 aliphatic heterocycles. The van der Waals surface area contributed by atoms with Gasteiger partial charge in [0.1, 0.15) is 11.3 Å². The molecule has 2 aromatic carbocycles. The summed E-state index contributed by atoms with van der Waals surface area (Å²) in [5, 5.41) is 3.44. The van der Waals surface area contributed by atoms with Crippen molar-refractivity contribution < 1.29 is 22.7 Å². The standard InChI is InChI=1S/C22H22ClF2N3O3/c1-13(20(29)26-16-3-5-17(6-4-16)30-22(24)25)28-10-8-14(9-11-28)21-27-18-12-15(23)2-7-19(18)31-21/h2-7,12-14,22H,8-11H2,1H3,(H,26,29). The summed E-state index contributed by atoms with van der Waals surface area (Å²) in [6.45, 7) is 0.446. The second-order valence-electron chi connectivity index (χ2n) is 7.54. The van der Waals surface area contributed by atoms with E-state index in [4.69, 9.17) is 16.0 Å². The molecule has 164 valence electrons. The molecule has 1 amide bonds. The zero-order valence-electron chi connectivity index (χ0n) is 16.9. The SMILES string of the molecule is CC(C(=O)Nc1ccc(OC(F)F)cc1)N1CCC(c2nc3cc(Cl)ccc3o2)CC1. The number of halogens is 3. The Balaban J connectivity index is 1.31. The molecule has 0 spiro atoms. The number of amides is 1. The summed E-state index contributed by atoms with van der Waals surface area (Å²) >= 11 is 6.02. The molecule has 2 heterocycles. The van der Waals surface area contributed by atoms with Crippen LogP contribution in [-0.4, -0.2) is 41.5 Å². The van der Waals surface area contributed by atoms with E-state index in [1.54, 1.807) is 12.1 Å². The molecule has 0 radical (unpaired) electrons. The number of ether oxygens (including phenoxy) is 1. The molecular weight excluding hydrogens is 428 g/mol. The van der Waals surface area contributed by atoms with E-state index in [0.29, 0.717) is 16.6 Å². The number of nitrogens with zero attached hydrogens (tertiary/aromatic N) is 2. The summed E-state index contributed by atoms with van der Waals surface area (Å²) in [5.41, 5.74) is 2.00. The predicted molar refractivity (Wildman–Crippen MR) is 114 cm³/mol. The Hall–Kier alpha value is -2.71. The van der Waals surface area contributed by atoms with E-state index < -0.39 is 6.61 Å². The Labute approximate surface area is 183 Å². The van der Waals surface area contributed by atoms with Gasteiger partial charge in [0, 0.05) is 16.6 Å². The maximum Gasteiger partial charge on any atom is 0.387 e. The normalized spacial score (nSPS) is 16.5. The minimum absolute atomic E-state index is 0.0459. The van der Waals surface area contributed by atoms with Crippen LogP contribution in [-0.2, 0) is 4.79 Å². The van der Waals surface area contributed by atoms with Gasteiger partial charge in [-0.3, -0.25) is 9.69 Å². The number of carbonyl (C=O) groups excluding carboxylic acids is 1. The fourth-order valence-corrected chi connectivity index (χ4v) is 3.93. The molecule has 1 aliphatic rings. The van der Waals surface area contributed by atoms with Gasteiger partial charge in [0.25, 0.3) is 0 Å². The first kappa shape index (κ1) is 21.5. The Morgan fingerprint density at radius 2 is 1.94 bits per heavy atom. The molecular formula is C22H22ClF2N3O3. The number of alkyl halides is 2. The Kier molecular flexibility index (Phi) is 6.38. The Bertz CT molecular complexity index is 1050. The minimum atomic E-state index is -2.88. The number of hydrogen-bond acceptors (Lipinski definition) is 5. The van der Waals surface area contributed by atoms with Gasteiger partial charge in [0.15, 0.2) is 11.5 Å². The molecule has 31 heavy (non-hydrogen) atoms. The summed E-state index contributed by atoms with van der Waals surface area (Å²) in [5.74, 6) is 0.794. The summed E-state index contributed by atoms with van der Waals surface area (Å²) in [6, 6.07) is 10.9. The van der Waals surface area contributed by atoms with Crippen molar-refractivity contribution in [2.45, 2.75) is 38.3 Å². The number of fused-ring (bicyclic) bond motifs is 1. The number of rotatable bonds is 6. The first-order chi connectivity index (χ1) is 14.9. The van der Waals surface area contributed by atoms with Crippen LogP contribution < -0.4 is 10.1 Å². The molecule has 0 aliphatic carbocycles. The van der Waals surface area contributed by atoms with Gasteiger partial charge in [0.05, 0.1) is 6.04 Å². The number of aromatic nitrogens is 1. The summed E-state index contributed by atoms with van der Waals surface area (Å²) < 4.78 is 34.7. The van der Waals surface area contributed by atoms with Crippen molar-refractivity contribution in [3.8, 4) is 5.75 Å². The largest absolute Gasteiger partial charge is 0.440 e. The molecule has 1 atom stereocenters. The van der Waals surface area contributed by atoms with E-state index in [-0.39, 0.29) is 23.6 Å². The van der Waals surface area contributed by atoms with Crippen molar-refractivity contribution in [1.29, 1.82) is 0 Å². The smallest absolute Gasteiger partial charge is 0.387 e. The second-order valence-corrected chi connectivity index (χ2v) is 7.98. The highest BCUT2D eigenvalue weighted by Gasteiger charge is 2.29. The van der Waals surface area contributed by atoms with Gasteiger partial charge in [-0.2, -0.15) is 8.78 Å². The first-order valence-corrected chi connectivity index (χ1v) is 10.4. The molecule has 6 nitrogen and oxygen atoms in total. The van der Waals surface area contributed by atoms with Gasteiger partial charge in [-0.15, -0.1) is 0 Å². The van der Waals surface area contributed by atoms with E-state index >= 15 is 0 Å². The maximum atomic E-state index is 12.6. The van der Waals surface area contributed by atoms with Gasteiger partial charge in [-0.25, -0.2) is 4.98 Å². The number of nitrogens with one attached hydrogen (secondary N) is 1. The average molecular weight is 450 g/mol. The monoisotopic (exact) mass is 449 g/mol. The Morgan fingerprint density at radius 3 is 2.61 bits per heavy atom. The summed E-state index contributed by atoms with van der Waals surface area (Å²) in [7, 11) is 0. The van der Waals surface area contributed by atoms with E-state index in [1.807, 2.05) is 13.0 Å². The number of anilines is 1. The topological polar surface area (TPSA) is 67.6 Å². The van der Waals surface area contributed by atoms with Crippen LogP contribution in [0, 0.1) is 0 Å². The maximum absolute atomic E-state index is 12.6. The Morgan fingerprint density at radius 1 is 1.23 bits per heavy atom. The fraction of sp³-hybridized carbons (Fsp3) is 0.364. The van der Waals surface area contributed by atoms with Crippen molar-refractivity contribution in [2.75, 3.05) is 18.4 Å². The van der Waals surface area contributed by atoms with Crippen LogP contribution in [0.25, 0.3) is 11.1 Å². The average Bonchev–Trinajstić information content (AvgIpc) is 3.17. The summed E-state index contributed by atoms with van der Waals surface area (Å²) in [4.78, 5) is 19.3. The van der Waals surface area contributed by atoms with Gasteiger partial charge in [-0.1, -0.05) is 11.6 Å². The van der Waals surface area contributed by atoms with Gasteiger partial charge >= 0.3 is 6.61 Å². The molecule has 9 heteroatoms. The van der Waals surface area contributed by atoms with Crippen LogP contribution in [0.4, 0.5) is 14.5 Å². The number of oxazole rings is 1. The van der Waals surface area contributed by atoms with E-state index in [0.717, 1.165) is 37.0 Å². The van der Waals surface area contributed by atoms with Crippen LogP contribution >= 0.6 is 11.6 Å². The van der Waals surface area contributed by atoms with Gasteiger partial charge < -0.3 is 14.5 Å². The summed E-state index contributed by atoms with van der Waals surface area (Å²) in [6.07, 6.45) is 1.66. The van der Waals surface area contributed by atoms with Gasteiger partial charge in [-0.05, 0) is 75.3 Å². The molecule has 0 saturated carbocycles. The minimum Gasteiger partial charge on any atom is -0.440 e. The third-order valence-electron chi connectivity index (χ3n) is 5.52. The highest BCUT2D eigenvalue weighted by Crippen LogP contribution is 2.31. The zero-order chi connectivity index (χ0) is 22.0. The van der Waals surface area contributed by atoms with Crippen LogP contribution in [0.3, 0.4) is 0 Å². The lowest BCUT2D eigenvalue weighted by Crippen LogP contribution is -2.45. The van der Waals surface area contributed by atoms with Crippen molar-refractivity contribution in [1.82, 2.24) is 9.88 Å². The molecule has 1 aromatic heterocycles. The molecule has 1 unspecified atom stereocenters. The lowest BCUT2D eigenvalue weighted by Gasteiger charge is -2.34. The predicted octanol–water partition coefficient (Wildman–Crippen LogP) is 5.29. The molecule has 1 saturated heterocycles. The second kappa shape index (κ2) is 9.20. The van der Waals surface area contributed by atoms with E-state index in [2.05, 4.69) is 19.9 Å². The number of hydrogen-bond donors (Lipinski definition) is 1. The van der Waals surface area contributed by atoms with Crippen LogP contribution in [0.1, 0.15) is 31.6 Å². The van der Waals surface area contributed by atoms with Crippen molar-refractivity contribution in [3.63, 3.8) is 0 Å². The fourth-order valence-electron chi connectivity index (χ4n) is 3.76. The van der Waals surface area contributed by atoms with Crippen molar-refractivity contribution in [2.24, 2.45) is 0 Å². The number of benzene rings is 2. The highest BCUT2D eigenvalue weighted by molar-refractivity contribution is 6.31. The van der Waals surface area contributed by atoms with Crippen LogP contribution in [0.2, 0.25) is 5.02 Å². The molecule has 0 bridgehead atoms. The lowest BCUT2D eigenvalue weighted by molar-refractivity contribution is -0.121. The van der Waals surface area contributed by atoms with Crippen molar-refractivity contribution >= 4 is 34.3 Å². The van der Waals surface area contributed by atoms with Crippen LogP contribution in [0.15, 0.2) is 46.9 Å². The molecule has 4 rings (SSSR count). The zero-order valence-corrected chi connectivity index (χ0v) is 17.6. The molecule has 3 aromatic rings. The van der Waals surface area contributed by atoms with Gasteiger partial charge in [0.2, 0.25) is 5.91 Å². The highest BCUT2D eigenvalue weighted by atomic mass is 35.5. The number of likely N-dealkylation sites (tertiary alicyclic amines) is 1. The third kappa shape index (κ3) is 5.14. The van der Waals surface area contributed by atoms with E-state index in [9.17, 15) is 13.6 Å². The van der Waals surface area contributed by atoms with Crippen molar-refractivity contribution in [3.05, 3.63) is 53.4 Å². The quantitative estimate of drug-likeness (QED) is 0.554. The first-order valence-electron chi connectivity index (χ1n) is 10.0. The van der Waals surface area contributed by atoms with Crippen LogP contribution in [0.5, 0.6) is 5.75 Å². The van der Waals surface area contributed by atoms with E-state index in [1.165, 1.54) is 24.3 Å². The lowest BCUT2D eigenvalue weighted by atomic mass is 9.95. The molecule has 1 fully saturated rings. The number of piperidine rings is 1. The third-order valence-corrected chi connectivity index (χ3v) is 5.75. The number of carbonyl (C=O) groups is 1. The molecule has 1 N–H and O–H groups in total.